The molecule has 1 aromatic carbocycles. The summed E-state index contributed by atoms with van der Waals surface area (Å²) in [6, 6.07) is 8.93. The summed E-state index contributed by atoms with van der Waals surface area (Å²) in [6.07, 6.45) is 2.98. The highest BCUT2D eigenvalue weighted by atomic mass is 32.1. The van der Waals surface area contributed by atoms with Gasteiger partial charge < -0.3 is 10.5 Å². The van der Waals surface area contributed by atoms with E-state index in [0.717, 1.165) is 30.3 Å². The molecule has 3 aromatic heterocycles. The Morgan fingerprint density at radius 1 is 1.35 bits per heavy atom. The normalized spacial score (nSPS) is 15.7. The van der Waals surface area contributed by atoms with Gasteiger partial charge in [-0.05, 0) is 58.9 Å². The summed E-state index contributed by atoms with van der Waals surface area (Å²) in [6.45, 7) is 2.22. The van der Waals surface area contributed by atoms with Crippen LogP contribution in [0.3, 0.4) is 0 Å². The number of nitrogen functional groups attached to an aromatic ring is 1. The zero-order chi connectivity index (χ0) is 21.7. The number of hydrogen-bond donors (Lipinski definition) is 2. The summed E-state index contributed by atoms with van der Waals surface area (Å²) in [7, 11) is 1.56. The lowest BCUT2D eigenvalue weighted by atomic mass is 9.87. The number of benzene rings is 1. The molecule has 0 bridgehead atoms. The van der Waals surface area contributed by atoms with Crippen LogP contribution in [0.2, 0.25) is 0 Å². The van der Waals surface area contributed by atoms with E-state index in [1.54, 1.807) is 31.4 Å². The van der Waals surface area contributed by atoms with E-state index >= 15 is 0 Å². The maximum Gasteiger partial charge on any atom is 0.439 e. The Kier molecular flexibility index (Phi) is 4.62. The van der Waals surface area contributed by atoms with E-state index in [9.17, 15) is 9.59 Å². The number of H-pyrrole nitrogens is 1. The van der Waals surface area contributed by atoms with Crippen molar-refractivity contribution in [2.24, 2.45) is 5.92 Å². The van der Waals surface area contributed by atoms with Crippen molar-refractivity contribution < 1.29 is 18.7 Å². The van der Waals surface area contributed by atoms with Crippen molar-refractivity contribution in [3.05, 3.63) is 62.6 Å². The number of nitrogens with one attached hydrogen (secondary N) is 1. The van der Waals surface area contributed by atoms with Crippen LogP contribution in [0.5, 0.6) is 5.75 Å². The molecule has 0 aliphatic heterocycles. The number of aryl methyl sites for hydroxylation is 1. The number of hydrogen-bond acceptors (Lipinski definition) is 7. The minimum atomic E-state index is -0.765. The molecule has 1 atom stereocenters. The van der Waals surface area contributed by atoms with Gasteiger partial charge >= 0.3 is 11.3 Å². The lowest BCUT2D eigenvalue weighted by Gasteiger charge is -2.20. The number of nitrogens with zero attached hydrogens (tertiary/aromatic N) is 2. The summed E-state index contributed by atoms with van der Waals surface area (Å²) < 4.78 is 11.4. The number of methoxy groups -OCH3 is 1. The molecule has 3 heterocycles. The predicted octanol–water partition coefficient (Wildman–Crippen LogP) is 2.80. The number of rotatable bonds is 4. The quantitative estimate of drug-likeness (QED) is 0.375. The molecule has 1 unspecified atom stereocenters. The van der Waals surface area contributed by atoms with Gasteiger partial charge in [0.15, 0.2) is 0 Å². The first-order chi connectivity index (χ1) is 15.0. The number of pyridine rings is 1. The van der Waals surface area contributed by atoms with Gasteiger partial charge in [-0.3, -0.25) is 9.32 Å². The van der Waals surface area contributed by atoms with E-state index in [-0.39, 0.29) is 10.6 Å². The maximum absolute atomic E-state index is 13.4. The van der Waals surface area contributed by atoms with E-state index in [0.29, 0.717) is 27.9 Å². The molecular formula is C22H21N4O4S+. The Morgan fingerprint density at radius 2 is 2.13 bits per heavy atom. The molecule has 5 rings (SSSR count). The highest BCUT2D eigenvalue weighted by molar-refractivity contribution is 7.21. The van der Waals surface area contributed by atoms with Gasteiger partial charge in [-0.15, -0.1) is 11.3 Å². The fraction of sp³-hybridized carbons (Fsp3) is 0.273. The van der Waals surface area contributed by atoms with Crippen LogP contribution in [-0.2, 0) is 12.8 Å². The Balaban J connectivity index is 1.60. The van der Waals surface area contributed by atoms with Gasteiger partial charge in [0.2, 0.25) is 5.69 Å². The van der Waals surface area contributed by atoms with Gasteiger partial charge in [0, 0.05) is 23.2 Å². The van der Waals surface area contributed by atoms with Crippen molar-refractivity contribution in [2.75, 3.05) is 12.8 Å². The number of aromatic nitrogens is 3. The smallest absolute Gasteiger partial charge is 0.439 e. The van der Waals surface area contributed by atoms with Crippen LogP contribution in [0.25, 0.3) is 15.9 Å². The third-order valence-corrected chi connectivity index (χ3v) is 6.84. The standard InChI is InChI=1S/C22H20N4O4S/c1-11-3-8-16-12(9-11)10-15-17(23)20(31-21(15)24-16)19(27)18-22(28)30-25-26(18)13-4-6-14(29-2)7-5-13/h4-7,10-11H,3,8-9H2,1-2H3,(H2-,23,25,27,28)/p+1. The third kappa shape index (κ3) is 3.21. The van der Waals surface area contributed by atoms with Gasteiger partial charge in [-0.25, -0.2) is 9.78 Å². The fourth-order valence-corrected chi connectivity index (χ4v) is 5.07. The summed E-state index contributed by atoms with van der Waals surface area (Å²) in [5.41, 5.74) is 8.61. The van der Waals surface area contributed by atoms with Crippen molar-refractivity contribution in [2.45, 2.75) is 26.2 Å². The number of ether oxygens (including phenoxy) is 1. The van der Waals surface area contributed by atoms with Crippen LogP contribution < -0.4 is 20.8 Å². The first-order valence-electron chi connectivity index (χ1n) is 9.99. The summed E-state index contributed by atoms with van der Waals surface area (Å²) in [5, 5.41) is 3.26. The zero-order valence-corrected chi connectivity index (χ0v) is 17.9. The van der Waals surface area contributed by atoms with Crippen LogP contribution in [-0.4, -0.2) is 23.1 Å². The molecule has 0 amide bonds. The van der Waals surface area contributed by atoms with Crippen LogP contribution in [0.1, 0.15) is 40.0 Å². The van der Waals surface area contributed by atoms with Gasteiger partial charge in [0.1, 0.15) is 15.5 Å². The average molecular weight is 438 g/mol. The van der Waals surface area contributed by atoms with E-state index in [1.807, 2.05) is 6.07 Å². The van der Waals surface area contributed by atoms with Crippen molar-refractivity contribution in [3.63, 3.8) is 0 Å². The molecule has 3 N–H and O–H groups in total. The molecule has 0 saturated carbocycles. The largest absolute Gasteiger partial charge is 0.497 e. The van der Waals surface area contributed by atoms with Gasteiger partial charge in [0.25, 0.3) is 5.78 Å². The van der Waals surface area contributed by atoms with Gasteiger partial charge in [0.05, 0.1) is 12.8 Å². The second kappa shape index (κ2) is 7.35. The van der Waals surface area contributed by atoms with Crippen molar-refractivity contribution in [1.29, 1.82) is 0 Å². The molecule has 9 heteroatoms. The van der Waals surface area contributed by atoms with E-state index in [1.165, 1.54) is 21.6 Å². The first-order valence-corrected chi connectivity index (χ1v) is 10.8. The van der Waals surface area contributed by atoms with Crippen LogP contribution in [0, 0.1) is 5.92 Å². The van der Waals surface area contributed by atoms with Crippen molar-refractivity contribution in [3.8, 4) is 11.4 Å². The molecule has 4 aromatic rings. The summed E-state index contributed by atoms with van der Waals surface area (Å²) >= 11 is 1.21. The topological polar surface area (TPSA) is 115 Å². The Bertz CT molecular complexity index is 1370. The lowest BCUT2D eigenvalue weighted by molar-refractivity contribution is -0.672. The highest BCUT2D eigenvalue weighted by Gasteiger charge is 2.35. The molecule has 1 aliphatic rings. The molecule has 0 spiro atoms. The fourth-order valence-electron chi connectivity index (χ4n) is 4.03. The average Bonchev–Trinajstić information content (AvgIpc) is 3.32. The number of anilines is 1. The number of aromatic amines is 1. The highest BCUT2D eigenvalue weighted by Crippen LogP contribution is 2.36. The second-order valence-electron chi connectivity index (χ2n) is 7.83. The zero-order valence-electron chi connectivity index (χ0n) is 17.1. The van der Waals surface area contributed by atoms with E-state index in [2.05, 4.69) is 12.2 Å². The number of fused-ring (bicyclic) bond motifs is 2. The molecular weight excluding hydrogens is 416 g/mol. The van der Waals surface area contributed by atoms with Crippen LogP contribution >= 0.6 is 11.3 Å². The van der Waals surface area contributed by atoms with Crippen LogP contribution in [0.4, 0.5) is 5.69 Å². The SMILES string of the molecule is COc1ccc(-[n+]2[nH]oc(=O)c2C(=O)c2sc3nc4c(cc3c2N)CC(C)CC4)cc1. The molecule has 8 nitrogen and oxygen atoms in total. The third-order valence-electron chi connectivity index (χ3n) is 5.73. The molecule has 0 radical (unpaired) electrons. The molecule has 158 valence electrons. The summed E-state index contributed by atoms with van der Waals surface area (Å²) in [4.78, 5) is 31.6. The van der Waals surface area contributed by atoms with Crippen LogP contribution in [0.15, 0.2) is 39.6 Å². The van der Waals surface area contributed by atoms with Crippen molar-refractivity contribution in [1.82, 2.24) is 10.3 Å². The lowest BCUT2D eigenvalue weighted by Crippen LogP contribution is -2.41. The number of ketones is 1. The predicted molar refractivity (Wildman–Crippen MR) is 116 cm³/mol. The molecule has 0 saturated heterocycles. The maximum atomic E-state index is 13.4. The van der Waals surface area contributed by atoms with E-state index < -0.39 is 11.4 Å². The number of thiophene rings is 1. The Hall–Kier alpha value is -3.46. The second-order valence-corrected chi connectivity index (χ2v) is 8.83. The van der Waals surface area contributed by atoms with E-state index in [4.69, 9.17) is 20.0 Å². The minimum Gasteiger partial charge on any atom is -0.497 e. The molecule has 31 heavy (non-hydrogen) atoms. The number of nitrogens with two attached hydrogens (primary N) is 1. The number of carbonyl (C=O) groups excluding carboxylic acids is 1. The molecule has 1 aliphatic carbocycles. The minimum absolute atomic E-state index is 0.151. The van der Waals surface area contributed by atoms with Gasteiger partial charge in [-0.1, -0.05) is 6.92 Å². The summed E-state index contributed by atoms with van der Waals surface area (Å²) in [5.74, 6) is 0.750. The first kappa shape index (κ1) is 19.5. The number of carbonyl (C=O) groups is 1. The monoisotopic (exact) mass is 437 g/mol. The van der Waals surface area contributed by atoms with Gasteiger partial charge in [-0.2, -0.15) is 0 Å². The van der Waals surface area contributed by atoms with Crippen molar-refractivity contribution >= 4 is 33.0 Å². The molecule has 0 fully saturated rings. The Morgan fingerprint density at radius 3 is 2.87 bits per heavy atom. The Labute approximate surface area is 181 Å².